The summed E-state index contributed by atoms with van der Waals surface area (Å²) in [6.07, 6.45) is 2.40. The van der Waals surface area contributed by atoms with Gasteiger partial charge in [0.15, 0.2) is 0 Å². The Labute approximate surface area is 115 Å². The van der Waals surface area contributed by atoms with Crippen molar-refractivity contribution in [1.82, 2.24) is 5.32 Å². The largest absolute Gasteiger partial charge is 0.480 e. The summed E-state index contributed by atoms with van der Waals surface area (Å²) in [7, 11) is 0. The van der Waals surface area contributed by atoms with Gasteiger partial charge in [-0.15, -0.1) is 0 Å². The number of hydrogen-bond donors (Lipinski definition) is 2. The summed E-state index contributed by atoms with van der Waals surface area (Å²) in [5, 5.41) is 12.0. The molecule has 1 rings (SSSR count). The summed E-state index contributed by atoms with van der Waals surface area (Å²) >= 11 is 3.21. The number of halogens is 2. The molecule has 0 radical (unpaired) electrons. The van der Waals surface area contributed by atoms with Crippen LogP contribution in [0.2, 0.25) is 0 Å². The van der Waals surface area contributed by atoms with Gasteiger partial charge >= 0.3 is 5.97 Å². The molecule has 0 aliphatic rings. The Morgan fingerprint density at radius 2 is 2.22 bits per heavy atom. The average molecular weight is 318 g/mol. The third-order valence-corrected chi connectivity index (χ3v) is 3.08. The molecule has 0 saturated carbocycles. The van der Waals surface area contributed by atoms with Gasteiger partial charge in [-0.1, -0.05) is 35.7 Å². The SMILES string of the molecule is CCCCC(NCc1cc(F)cc(Br)c1)C(=O)O. The highest BCUT2D eigenvalue weighted by atomic mass is 79.9. The van der Waals surface area contributed by atoms with Crippen LogP contribution in [0.4, 0.5) is 4.39 Å². The number of rotatable bonds is 7. The summed E-state index contributed by atoms with van der Waals surface area (Å²) in [6, 6.07) is 3.97. The van der Waals surface area contributed by atoms with Crippen molar-refractivity contribution in [2.75, 3.05) is 0 Å². The normalized spacial score (nSPS) is 12.4. The number of hydrogen-bond acceptors (Lipinski definition) is 2. The van der Waals surface area contributed by atoms with E-state index in [0.29, 0.717) is 17.4 Å². The molecule has 0 aliphatic carbocycles. The second kappa shape index (κ2) is 7.48. The van der Waals surface area contributed by atoms with Crippen LogP contribution in [0.5, 0.6) is 0 Å². The van der Waals surface area contributed by atoms with Crippen molar-refractivity contribution >= 4 is 21.9 Å². The van der Waals surface area contributed by atoms with E-state index >= 15 is 0 Å². The van der Waals surface area contributed by atoms with Crippen molar-refractivity contribution < 1.29 is 14.3 Å². The lowest BCUT2D eigenvalue weighted by Gasteiger charge is -2.14. The number of unbranched alkanes of at least 4 members (excludes halogenated alkanes) is 1. The first-order valence-corrected chi connectivity index (χ1v) is 6.73. The molecule has 0 amide bonds. The number of carboxylic acids is 1. The smallest absolute Gasteiger partial charge is 0.320 e. The molecule has 18 heavy (non-hydrogen) atoms. The van der Waals surface area contributed by atoms with Gasteiger partial charge in [-0.3, -0.25) is 4.79 Å². The second-order valence-electron chi connectivity index (χ2n) is 4.19. The molecule has 1 unspecified atom stereocenters. The Kier molecular flexibility index (Phi) is 6.29. The maximum atomic E-state index is 13.1. The molecule has 0 aliphatic heterocycles. The van der Waals surface area contributed by atoms with Crippen LogP contribution in [0.3, 0.4) is 0 Å². The Morgan fingerprint density at radius 3 is 2.78 bits per heavy atom. The van der Waals surface area contributed by atoms with Gasteiger partial charge in [0.05, 0.1) is 0 Å². The van der Waals surface area contributed by atoms with Gasteiger partial charge < -0.3 is 10.4 Å². The molecule has 0 fully saturated rings. The molecule has 100 valence electrons. The zero-order valence-electron chi connectivity index (χ0n) is 10.2. The molecule has 1 atom stereocenters. The third-order valence-electron chi connectivity index (χ3n) is 2.62. The lowest BCUT2D eigenvalue weighted by Crippen LogP contribution is -2.36. The first kappa shape index (κ1) is 15.1. The molecule has 1 aromatic carbocycles. The predicted molar refractivity (Wildman–Crippen MR) is 71.9 cm³/mol. The fourth-order valence-corrected chi connectivity index (χ4v) is 2.19. The minimum atomic E-state index is -0.862. The zero-order chi connectivity index (χ0) is 13.5. The fourth-order valence-electron chi connectivity index (χ4n) is 1.68. The topological polar surface area (TPSA) is 49.3 Å². The van der Waals surface area contributed by atoms with Crippen molar-refractivity contribution in [2.24, 2.45) is 0 Å². The van der Waals surface area contributed by atoms with Crippen LogP contribution >= 0.6 is 15.9 Å². The maximum absolute atomic E-state index is 13.1. The number of carboxylic acid groups (broad SMARTS) is 1. The number of aliphatic carboxylic acids is 1. The van der Waals surface area contributed by atoms with Crippen LogP contribution in [-0.4, -0.2) is 17.1 Å². The number of nitrogens with one attached hydrogen (secondary N) is 1. The summed E-state index contributed by atoms with van der Waals surface area (Å²) < 4.78 is 13.8. The molecule has 5 heteroatoms. The first-order chi connectivity index (χ1) is 8.52. The molecular formula is C13H17BrFNO2. The van der Waals surface area contributed by atoms with Gasteiger partial charge in [0.1, 0.15) is 11.9 Å². The molecule has 0 saturated heterocycles. The molecular weight excluding hydrogens is 301 g/mol. The lowest BCUT2D eigenvalue weighted by molar-refractivity contribution is -0.139. The van der Waals surface area contributed by atoms with Crippen LogP contribution in [-0.2, 0) is 11.3 Å². The molecule has 1 aromatic rings. The zero-order valence-corrected chi connectivity index (χ0v) is 11.8. The van der Waals surface area contributed by atoms with Crippen LogP contribution < -0.4 is 5.32 Å². The quantitative estimate of drug-likeness (QED) is 0.811. The molecule has 2 N–H and O–H groups in total. The highest BCUT2D eigenvalue weighted by Crippen LogP contribution is 2.15. The third kappa shape index (κ3) is 5.14. The van der Waals surface area contributed by atoms with E-state index in [1.807, 2.05) is 6.92 Å². The monoisotopic (exact) mass is 317 g/mol. The minimum Gasteiger partial charge on any atom is -0.480 e. The lowest BCUT2D eigenvalue weighted by atomic mass is 10.1. The highest BCUT2D eigenvalue weighted by Gasteiger charge is 2.15. The van der Waals surface area contributed by atoms with Crippen LogP contribution in [0.1, 0.15) is 31.7 Å². The van der Waals surface area contributed by atoms with Gasteiger partial charge in [-0.25, -0.2) is 4.39 Å². The minimum absolute atomic E-state index is 0.332. The van der Waals surface area contributed by atoms with E-state index < -0.39 is 12.0 Å². The van der Waals surface area contributed by atoms with Crippen LogP contribution in [0.25, 0.3) is 0 Å². The van der Waals surface area contributed by atoms with E-state index in [1.165, 1.54) is 12.1 Å². The van der Waals surface area contributed by atoms with Gasteiger partial charge in [0, 0.05) is 11.0 Å². The Balaban J connectivity index is 2.58. The Morgan fingerprint density at radius 1 is 1.50 bits per heavy atom. The first-order valence-electron chi connectivity index (χ1n) is 5.94. The summed E-state index contributed by atoms with van der Waals surface area (Å²) in [5.41, 5.74) is 0.727. The molecule has 0 bridgehead atoms. The van der Waals surface area contributed by atoms with Crippen molar-refractivity contribution in [3.63, 3.8) is 0 Å². The summed E-state index contributed by atoms with van der Waals surface area (Å²) in [4.78, 5) is 11.0. The summed E-state index contributed by atoms with van der Waals surface area (Å²) in [5.74, 6) is -1.19. The molecule has 0 spiro atoms. The predicted octanol–water partition coefficient (Wildman–Crippen LogP) is 3.32. The standard InChI is InChI=1S/C13H17BrFNO2/c1-2-3-4-12(13(17)18)16-8-9-5-10(14)7-11(15)6-9/h5-7,12,16H,2-4,8H2,1H3,(H,17,18). The molecule has 3 nitrogen and oxygen atoms in total. The van der Waals surface area contributed by atoms with Gasteiger partial charge in [-0.05, 0) is 30.2 Å². The van der Waals surface area contributed by atoms with E-state index in [1.54, 1.807) is 6.07 Å². The highest BCUT2D eigenvalue weighted by molar-refractivity contribution is 9.10. The van der Waals surface area contributed by atoms with Crippen molar-refractivity contribution in [3.05, 3.63) is 34.1 Å². The van der Waals surface area contributed by atoms with Crippen molar-refractivity contribution in [2.45, 2.75) is 38.8 Å². The Bertz CT molecular complexity index is 392. The van der Waals surface area contributed by atoms with Gasteiger partial charge in [0.25, 0.3) is 0 Å². The molecule has 0 aromatic heterocycles. The fraction of sp³-hybridized carbons (Fsp3) is 0.462. The average Bonchev–Trinajstić information content (AvgIpc) is 2.27. The van der Waals surface area contributed by atoms with Gasteiger partial charge in [-0.2, -0.15) is 0 Å². The number of benzene rings is 1. The van der Waals surface area contributed by atoms with E-state index in [2.05, 4.69) is 21.2 Å². The molecule has 0 heterocycles. The maximum Gasteiger partial charge on any atom is 0.320 e. The van der Waals surface area contributed by atoms with Gasteiger partial charge in [0.2, 0.25) is 0 Å². The summed E-state index contributed by atoms with van der Waals surface area (Å²) in [6.45, 7) is 2.36. The van der Waals surface area contributed by atoms with E-state index in [0.717, 1.165) is 18.4 Å². The van der Waals surface area contributed by atoms with Crippen LogP contribution in [0.15, 0.2) is 22.7 Å². The number of carbonyl (C=O) groups is 1. The van der Waals surface area contributed by atoms with E-state index in [4.69, 9.17) is 5.11 Å². The van der Waals surface area contributed by atoms with Crippen molar-refractivity contribution in [1.29, 1.82) is 0 Å². The second-order valence-corrected chi connectivity index (χ2v) is 5.11. The van der Waals surface area contributed by atoms with Crippen molar-refractivity contribution in [3.8, 4) is 0 Å². The van der Waals surface area contributed by atoms with Crippen LogP contribution in [0, 0.1) is 5.82 Å². The van der Waals surface area contributed by atoms with E-state index in [9.17, 15) is 9.18 Å². The van der Waals surface area contributed by atoms with E-state index in [-0.39, 0.29) is 5.82 Å². The Hall–Kier alpha value is -0.940.